The summed E-state index contributed by atoms with van der Waals surface area (Å²) in [6.45, 7) is 0. The molecule has 2 N–H and O–H groups in total. The van der Waals surface area contributed by atoms with Crippen LogP contribution in [0.15, 0.2) is 33.4 Å². The van der Waals surface area contributed by atoms with Gasteiger partial charge in [-0.3, -0.25) is 0 Å². The van der Waals surface area contributed by atoms with Crippen molar-refractivity contribution >= 4 is 21.8 Å². The molecule has 0 aliphatic heterocycles. The number of hydrogen-bond donors (Lipinski definition) is 1. The van der Waals surface area contributed by atoms with Crippen molar-refractivity contribution < 1.29 is 17.7 Å². The summed E-state index contributed by atoms with van der Waals surface area (Å²) in [7, 11) is 0. The zero-order valence-corrected chi connectivity index (χ0v) is 9.84. The molecule has 2 aromatic rings. The van der Waals surface area contributed by atoms with Gasteiger partial charge in [0.2, 0.25) is 5.88 Å². The summed E-state index contributed by atoms with van der Waals surface area (Å²) < 4.78 is 43.4. The Morgan fingerprint density at radius 2 is 1.94 bits per heavy atom. The van der Waals surface area contributed by atoms with E-state index < -0.39 is 11.7 Å². The standard InChI is InChI=1S/C10H6BrF3N2O/c11-5-1-2-6(7-4-16-17-9(7)15)8(3-5)10(12,13)14/h1-4H,15H2. The number of nitrogen functional groups attached to an aromatic ring is 1. The van der Waals surface area contributed by atoms with Crippen LogP contribution in [0.4, 0.5) is 19.1 Å². The molecule has 0 spiro atoms. The molecule has 1 aromatic heterocycles. The normalized spacial score (nSPS) is 11.8. The van der Waals surface area contributed by atoms with E-state index >= 15 is 0 Å². The van der Waals surface area contributed by atoms with Crippen molar-refractivity contribution in [3.8, 4) is 11.1 Å². The molecule has 1 heterocycles. The van der Waals surface area contributed by atoms with Crippen molar-refractivity contribution in [3.05, 3.63) is 34.4 Å². The molecule has 17 heavy (non-hydrogen) atoms. The van der Waals surface area contributed by atoms with Crippen molar-refractivity contribution in [1.82, 2.24) is 5.16 Å². The first-order valence-electron chi connectivity index (χ1n) is 4.47. The highest BCUT2D eigenvalue weighted by molar-refractivity contribution is 9.10. The SMILES string of the molecule is Nc1oncc1-c1ccc(Br)cc1C(F)(F)F. The van der Waals surface area contributed by atoms with Gasteiger partial charge in [-0.05, 0) is 12.1 Å². The highest BCUT2D eigenvalue weighted by Gasteiger charge is 2.34. The topological polar surface area (TPSA) is 52.0 Å². The second kappa shape index (κ2) is 4.06. The monoisotopic (exact) mass is 306 g/mol. The van der Waals surface area contributed by atoms with Crippen molar-refractivity contribution in [2.24, 2.45) is 0 Å². The fourth-order valence-corrected chi connectivity index (χ4v) is 1.80. The third-order valence-corrected chi connectivity index (χ3v) is 2.67. The second-order valence-electron chi connectivity index (χ2n) is 3.29. The average molecular weight is 307 g/mol. The van der Waals surface area contributed by atoms with Crippen LogP contribution in [0.2, 0.25) is 0 Å². The minimum Gasteiger partial charge on any atom is -0.367 e. The molecule has 3 nitrogen and oxygen atoms in total. The second-order valence-corrected chi connectivity index (χ2v) is 4.21. The van der Waals surface area contributed by atoms with Gasteiger partial charge in [-0.1, -0.05) is 27.2 Å². The maximum absolute atomic E-state index is 12.8. The number of nitrogens with two attached hydrogens (primary N) is 1. The highest BCUT2D eigenvalue weighted by Crippen LogP contribution is 2.40. The molecule has 0 saturated carbocycles. The van der Waals surface area contributed by atoms with Crippen LogP contribution in [-0.2, 0) is 6.18 Å². The summed E-state index contributed by atoms with van der Waals surface area (Å²) in [5.41, 5.74) is 4.70. The molecule has 0 aliphatic carbocycles. The summed E-state index contributed by atoms with van der Waals surface area (Å²) >= 11 is 3.00. The van der Waals surface area contributed by atoms with E-state index in [9.17, 15) is 13.2 Å². The number of hydrogen-bond acceptors (Lipinski definition) is 3. The van der Waals surface area contributed by atoms with Gasteiger partial charge in [0.05, 0.1) is 17.3 Å². The van der Waals surface area contributed by atoms with Crippen LogP contribution in [0.25, 0.3) is 11.1 Å². The number of rotatable bonds is 1. The Morgan fingerprint density at radius 1 is 1.24 bits per heavy atom. The van der Waals surface area contributed by atoms with Crippen molar-refractivity contribution in [1.29, 1.82) is 0 Å². The minimum absolute atomic E-state index is 0.0561. The first kappa shape index (κ1) is 12.0. The van der Waals surface area contributed by atoms with Crippen LogP contribution in [-0.4, -0.2) is 5.16 Å². The third-order valence-electron chi connectivity index (χ3n) is 2.18. The van der Waals surface area contributed by atoms with Gasteiger partial charge in [-0.15, -0.1) is 0 Å². The molecule has 0 unspecified atom stereocenters. The van der Waals surface area contributed by atoms with Crippen molar-refractivity contribution in [2.75, 3.05) is 5.73 Å². The molecular formula is C10H6BrF3N2O. The Hall–Kier alpha value is -1.50. The molecule has 0 aliphatic rings. The van der Waals surface area contributed by atoms with Crippen LogP contribution in [0.3, 0.4) is 0 Å². The van der Waals surface area contributed by atoms with E-state index in [2.05, 4.69) is 25.6 Å². The highest BCUT2D eigenvalue weighted by atomic mass is 79.9. The number of anilines is 1. The maximum atomic E-state index is 12.8. The van der Waals surface area contributed by atoms with Gasteiger partial charge in [-0.2, -0.15) is 13.2 Å². The number of aromatic nitrogens is 1. The van der Waals surface area contributed by atoms with E-state index in [0.717, 1.165) is 12.3 Å². The number of nitrogens with zero attached hydrogens (tertiary/aromatic N) is 1. The quantitative estimate of drug-likeness (QED) is 0.874. The van der Waals surface area contributed by atoms with E-state index in [4.69, 9.17) is 5.73 Å². The lowest BCUT2D eigenvalue weighted by atomic mass is 10.0. The lowest BCUT2D eigenvalue weighted by Gasteiger charge is -2.12. The van der Waals surface area contributed by atoms with Crippen LogP contribution >= 0.6 is 15.9 Å². The third kappa shape index (κ3) is 2.28. The smallest absolute Gasteiger partial charge is 0.367 e. The molecular weight excluding hydrogens is 301 g/mol. The summed E-state index contributed by atoms with van der Waals surface area (Å²) in [4.78, 5) is 0. The summed E-state index contributed by atoms with van der Waals surface area (Å²) in [6, 6.07) is 3.80. The first-order chi connectivity index (χ1) is 7.89. The zero-order valence-electron chi connectivity index (χ0n) is 8.25. The van der Waals surface area contributed by atoms with Gasteiger partial charge >= 0.3 is 6.18 Å². The van der Waals surface area contributed by atoms with E-state index in [0.29, 0.717) is 4.47 Å². The lowest BCUT2D eigenvalue weighted by Crippen LogP contribution is -2.07. The molecule has 2 rings (SSSR count). The Balaban J connectivity index is 2.67. The molecule has 0 radical (unpaired) electrons. The molecule has 7 heteroatoms. The summed E-state index contributed by atoms with van der Waals surface area (Å²) in [6.07, 6.45) is -3.31. The number of benzene rings is 1. The van der Waals surface area contributed by atoms with Gasteiger partial charge in [0.25, 0.3) is 0 Å². The molecule has 0 saturated heterocycles. The molecule has 0 fully saturated rings. The zero-order chi connectivity index (χ0) is 12.6. The fourth-order valence-electron chi connectivity index (χ4n) is 1.44. The Bertz CT molecular complexity index is 551. The van der Waals surface area contributed by atoms with E-state index in [1.165, 1.54) is 12.1 Å². The summed E-state index contributed by atoms with van der Waals surface area (Å²) in [5.74, 6) is -0.141. The van der Waals surface area contributed by atoms with Gasteiger partial charge in [-0.25, -0.2) is 0 Å². The van der Waals surface area contributed by atoms with Crippen LogP contribution in [0.1, 0.15) is 5.56 Å². The average Bonchev–Trinajstić information content (AvgIpc) is 2.63. The molecule has 90 valence electrons. The Morgan fingerprint density at radius 3 is 2.47 bits per heavy atom. The van der Waals surface area contributed by atoms with Crippen molar-refractivity contribution in [2.45, 2.75) is 6.18 Å². The maximum Gasteiger partial charge on any atom is 0.417 e. The predicted octanol–water partition coefficient (Wildman–Crippen LogP) is 3.71. The van der Waals surface area contributed by atoms with Crippen LogP contribution < -0.4 is 5.73 Å². The minimum atomic E-state index is -4.47. The summed E-state index contributed by atoms with van der Waals surface area (Å²) in [5, 5.41) is 3.36. The lowest BCUT2D eigenvalue weighted by molar-refractivity contribution is -0.137. The predicted molar refractivity (Wildman–Crippen MR) is 59.1 cm³/mol. The molecule has 1 aromatic carbocycles. The number of halogens is 4. The van der Waals surface area contributed by atoms with Gasteiger partial charge in [0.15, 0.2) is 0 Å². The molecule has 0 atom stereocenters. The number of alkyl halides is 3. The Labute approximate surface area is 103 Å². The van der Waals surface area contributed by atoms with E-state index in [1.54, 1.807) is 0 Å². The van der Waals surface area contributed by atoms with E-state index in [1.807, 2.05) is 0 Å². The van der Waals surface area contributed by atoms with Crippen molar-refractivity contribution in [3.63, 3.8) is 0 Å². The largest absolute Gasteiger partial charge is 0.417 e. The van der Waals surface area contributed by atoms with Gasteiger partial charge < -0.3 is 10.3 Å². The Kier molecular flexibility index (Phi) is 2.86. The van der Waals surface area contributed by atoms with Gasteiger partial charge in [0, 0.05) is 10.0 Å². The fraction of sp³-hybridized carbons (Fsp3) is 0.100. The van der Waals surface area contributed by atoms with Gasteiger partial charge in [0.1, 0.15) is 0 Å². The van der Waals surface area contributed by atoms with Crippen LogP contribution in [0.5, 0.6) is 0 Å². The van der Waals surface area contributed by atoms with Crippen LogP contribution in [0, 0.1) is 0 Å². The first-order valence-corrected chi connectivity index (χ1v) is 5.26. The van der Waals surface area contributed by atoms with E-state index in [-0.39, 0.29) is 17.0 Å². The molecule has 0 bridgehead atoms. The molecule has 0 amide bonds.